The van der Waals surface area contributed by atoms with Crippen LogP contribution in [0.3, 0.4) is 0 Å². The number of nitrogens with one attached hydrogen (secondary N) is 3. The Bertz CT molecular complexity index is 1020. The van der Waals surface area contributed by atoms with E-state index in [1.165, 1.54) is 49.9 Å². The summed E-state index contributed by atoms with van der Waals surface area (Å²) < 4.78 is 0. The Hall–Kier alpha value is -3.28. The van der Waals surface area contributed by atoms with Gasteiger partial charge in [0.25, 0.3) is 0 Å². The number of rotatable bonds is 8. The Morgan fingerprint density at radius 1 is 1.10 bits per heavy atom. The van der Waals surface area contributed by atoms with Crippen LogP contribution in [0, 0.1) is 6.92 Å². The van der Waals surface area contributed by atoms with E-state index in [1.54, 1.807) is 23.6 Å². The lowest BCUT2D eigenvalue weighted by molar-refractivity contribution is -0.137. The first-order chi connectivity index (χ1) is 19.0. The maximum atomic E-state index is 12.8. The van der Waals surface area contributed by atoms with E-state index in [2.05, 4.69) is 27.9 Å². The average Bonchev–Trinajstić information content (AvgIpc) is 2.92. The highest BCUT2D eigenvalue weighted by molar-refractivity contribution is 6.05. The van der Waals surface area contributed by atoms with Crippen LogP contribution in [0.25, 0.3) is 0 Å². The minimum Gasteiger partial charge on any atom is -0.338 e. The maximum absolute atomic E-state index is 12.8. The number of amidine groups is 1. The van der Waals surface area contributed by atoms with Crippen LogP contribution in [0.1, 0.15) is 64.0 Å². The number of nitrogens with two attached hydrogens (primary N) is 2. The predicted molar refractivity (Wildman–Crippen MR) is 160 cm³/mol. The monoisotopic (exact) mass is 556 g/mol. The number of carbonyl (C=O) groups is 3. The third kappa shape index (κ3) is 11.4. The Morgan fingerprint density at radius 2 is 1.75 bits per heavy atom. The molecular weight excluding hydrogens is 508 g/mol. The fraction of sp³-hybridized carbons (Fsp3) is 0.586. The van der Waals surface area contributed by atoms with Gasteiger partial charge in [-0.1, -0.05) is 32.3 Å². The Balaban J connectivity index is 0.000000693. The number of hydrogen-bond donors (Lipinski definition) is 5. The molecule has 3 rings (SSSR count). The third-order valence-corrected chi connectivity index (χ3v) is 6.84. The number of urea groups is 1. The molecule has 40 heavy (non-hydrogen) atoms. The highest BCUT2D eigenvalue weighted by atomic mass is 16.2. The molecule has 1 aromatic rings. The number of aryl methyl sites for hydroxylation is 1. The zero-order valence-electron chi connectivity index (χ0n) is 24.5. The SMILES string of the molecule is CCNCc1ccc(N=C(/C=C\NC=O)NC(=O)N2CCN(C(=O)C(C)(C)N)CC2)cc1C.NC1CCCCC1. The number of hydrogen-bond acceptors (Lipinski definition) is 7. The van der Waals surface area contributed by atoms with E-state index in [9.17, 15) is 14.4 Å². The summed E-state index contributed by atoms with van der Waals surface area (Å²) in [5.41, 5.74) is 13.5. The zero-order chi connectivity index (χ0) is 29.5. The van der Waals surface area contributed by atoms with Crippen LogP contribution in [0.4, 0.5) is 10.5 Å². The quantitative estimate of drug-likeness (QED) is 0.188. The Labute approximate surface area is 238 Å². The zero-order valence-corrected chi connectivity index (χ0v) is 24.5. The van der Waals surface area contributed by atoms with Crippen LogP contribution in [0.5, 0.6) is 0 Å². The molecule has 0 unspecified atom stereocenters. The van der Waals surface area contributed by atoms with Gasteiger partial charge in [0.15, 0.2) is 0 Å². The molecule has 0 aromatic heterocycles. The molecule has 1 aliphatic carbocycles. The first-order valence-electron chi connectivity index (χ1n) is 14.2. The van der Waals surface area contributed by atoms with Gasteiger partial charge >= 0.3 is 6.03 Å². The standard InChI is InChI=1S/C23H35N7O3.C6H13N/c1-5-25-15-18-6-7-19(14-17(18)2)27-20(8-9-26-16-31)28-22(33)30-12-10-29(11-13-30)21(32)23(3,4)24;7-6-4-2-1-3-5-6/h6-9,14,16,25H,5,10-13,15,24H2,1-4H3,(H,26,31)(H,27,28,33);6H,1-5,7H2/b9-8-;. The lowest BCUT2D eigenvalue weighted by Crippen LogP contribution is -2.59. The van der Waals surface area contributed by atoms with Gasteiger partial charge in [0, 0.05) is 45.0 Å². The Kier molecular flexibility index (Phi) is 13.8. The van der Waals surface area contributed by atoms with Crippen LogP contribution in [0.2, 0.25) is 0 Å². The highest BCUT2D eigenvalue weighted by Gasteiger charge is 2.31. The first-order valence-corrected chi connectivity index (χ1v) is 14.2. The largest absolute Gasteiger partial charge is 0.338 e. The van der Waals surface area contributed by atoms with Crippen LogP contribution in [-0.2, 0) is 16.1 Å². The van der Waals surface area contributed by atoms with Gasteiger partial charge in [-0.3, -0.25) is 14.9 Å². The van der Waals surface area contributed by atoms with Gasteiger partial charge < -0.3 is 31.9 Å². The molecule has 7 N–H and O–H groups in total. The summed E-state index contributed by atoms with van der Waals surface area (Å²) in [6, 6.07) is 6.03. The summed E-state index contributed by atoms with van der Waals surface area (Å²) in [5.74, 6) is 0.149. The summed E-state index contributed by atoms with van der Waals surface area (Å²) in [5, 5.41) is 8.51. The van der Waals surface area contributed by atoms with Gasteiger partial charge in [-0.2, -0.15) is 0 Å². The average molecular weight is 557 g/mol. The molecule has 0 bridgehead atoms. The van der Waals surface area contributed by atoms with Crippen molar-refractivity contribution in [2.75, 3.05) is 32.7 Å². The van der Waals surface area contributed by atoms with Crippen LogP contribution in [-0.4, -0.2) is 78.3 Å². The van der Waals surface area contributed by atoms with E-state index in [0.717, 1.165) is 18.7 Å². The van der Waals surface area contributed by atoms with E-state index in [0.29, 0.717) is 44.3 Å². The summed E-state index contributed by atoms with van der Waals surface area (Å²) in [6.45, 7) is 10.7. The van der Waals surface area contributed by atoms with Crippen molar-refractivity contribution in [2.45, 2.75) is 77.9 Å². The minimum absolute atomic E-state index is 0.138. The molecular formula is C29H48N8O3. The van der Waals surface area contributed by atoms with Crippen LogP contribution < -0.4 is 27.4 Å². The van der Waals surface area contributed by atoms with Crippen molar-refractivity contribution >= 4 is 29.9 Å². The molecule has 2 aliphatic rings. The van der Waals surface area contributed by atoms with Crippen molar-refractivity contribution in [3.05, 3.63) is 41.6 Å². The molecule has 11 heteroatoms. The molecule has 1 heterocycles. The molecule has 2 fully saturated rings. The van der Waals surface area contributed by atoms with Crippen LogP contribution in [0.15, 0.2) is 35.5 Å². The normalized spacial score (nSPS) is 16.8. The summed E-state index contributed by atoms with van der Waals surface area (Å²) in [6.07, 6.45) is 10.1. The van der Waals surface area contributed by atoms with E-state index in [4.69, 9.17) is 11.5 Å². The molecule has 1 aliphatic heterocycles. The second-order valence-electron chi connectivity index (χ2n) is 10.8. The number of amides is 4. The molecule has 0 atom stereocenters. The lowest BCUT2D eigenvalue weighted by atomic mass is 9.97. The predicted octanol–water partition coefficient (Wildman–Crippen LogP) is 2.26. The van der Waals surface area contributed by atoms with E-state index in [-0.39, 0.29) is 17.8 Å². The van der Waals surface area contributed by atoms with E-state index in [1.807, 2.05) is 25.1 Å². The number of nitrogens with zero attached hydrogens (tertiary/aromatic N) is 3. The summed E-state index contributed by atoms with van der Waals surface area (Å²) in [4.78, 5) is 43.6. The van der Waals surface area contributed by atoms with Gasteiger partial charge in [0.2, 0.25) is 12.3 Å². The third-order valence-electron chi connectivity index (χ3n) is 6.84. The van der Waals surface area contributed by atoms with Gasteiger partial charge in [-0.15, -0.1) is 0 Å². The molecule has 1 saturated heterocycles. The van der Waals surface area contributed by atoms with Crippen molar-refractivity contribution in [3.63, 3.8) is 0 Å². The van der Waals surface area contributed by atoms with Gasteiger partial charge in [0.05, 0.1) is 11.2 Å². The summed E-state index contributed by atoms with van der Waals surface area (Å²) in [7, 11) is 0. The fourth-order valence-corrected chi connectivity index (χ4v) is 4.46. The van der Waals surface area contributed by atoms with Gasteiger partial charge in [-0.25, -0.2) is 9.79 Å². The molecule has 1 saturated carbocycles. The van der Waals surface area contributed by atoms with Gasteiger partial charge in [-0.05, 0) is 69.5 Å². The van der Waals surface area contributed by atoms with E-state index >= 15 is 0 Å². The number of piperazine rings is 1. The fourth-order valence-electron chi connectivity index (χ4n) is 4.46. The van der Waals surface area contributed by atoms with Crippen LogP contribution >= 0.6 is 0 Å². The van der Waals surface area contributed by atoms with Gasteiger partial charge in [0.1, 0.15) is 5.84 Å². The summed E-state index contributed by atoms with van der Waals surface area (Å²) >= 11 is 0. The molecule has 1 aromatic carbocycles. The van der Waals surface area contributed by atoms with Crippen molar-refractivity contribution in [2.24, 2.45) is 16.5 Å². The second-order valence-corrected chi connectivity index (χ2v) is 10.8. The maximum Gasteiger partial charge on any atom is 0.323 e. The van der Waals surface area contributed by atoms with Crippen molar-refractivity contribution < 1.29 is 14.4 Å². The topological polar surface area (TPSA) is 158 Å². The highest BCUT2D eigenvalue weighted by Crippen LogP contribution is 2.18. The van der Waals surface area contributed by atoms with Crippen molar-refractivity contribution in [1.82, 2.24) is 25.8 Å². The Morgan fingerprint density at radius 3 is 2.27 bits per heavy atom. The number of aliphatic imine (C=N–C) groups is 1. The lowest BCUT2D eigenvalue weighted by Gasteiger charge is -2.37. The minimum atomic E-state index is -0.944. The molecule has 4 amide bonds. The van der Waals surface area contributed by atoms with Crippen molar-refractivity contribution in [1.29, 1.82) is 0 Å². The molecule has 0 radical (unpaired) electrons. The smallest absolute Gasteiger partial charge is 0.323 e. The molecule has 0 spiro atoms. The molecule has 222 valence electrons. The number of benzene rings is 1. The number of carbonyl (C=O) groups excluding carboxylic acids is 3. The second kappa shape index (κ2) is 16.7. The molecule has 11 nitrogen and oxygen atoms in total. The first kappa shape index (κ1) is 32.9. The van der Waals surface area contributed by atoms with Crippen molar-refractivity contribution in [3.8, 4) is 0 Å². The van der Waals surface area contributed by atoms with E-state index < -0.39 is 5.54 Å².